The number of benzene rings is 4. The van der Waals surface area contributed by atoms with Crippen LogP contribution in [0.1, 0.15) is 42.4 Å². The first-order valence-corrected chi connectivity index (χ1v) is 20.2. The Hall–Kier alpha value is -3.66. The van der Waals surface area contributed by atoms with Crippen molar-refractivity contribution in [2.75, 3.05) is 19.0 Å². The minimum Gasteiger partial charge on any atom is -0.454 e. The number of carbonyl (C=O) groups is 1. The molecule has 4 aromatic rings. The monoisotopic (exact) mass is 786 g/mol. The van der Waals surface area contributed by atoms with Gasteiger partial charge in [-0.25, -0.2) is 0 Å². The normalized spacial score (nSPS) is 30.3. The third kappa shape index (κ3) is 10.4. The van der Waals surface area contributed by atoms with Gasteiger partial charge in [0.25, 0.3) is 0 Å². The lowest BCUT2D eigenvalue weighted by Gasteiger charge is -2.51. The number of aliphatic hydroxyl groups excluding tert-OH is 1. The maximum atomic E-state index is 12.9. The van der Waals surface area contributed by atoms with E-state index in [0.29, 0.717) is 12.4 Å². The molecule has 0 radical (unpaired) electrons. The molecule has 11 unspecified atom stereocenters. The summed E-state index contributed by atoms with van der Waals surface area (Å²) in [5, 5.41) is 11.9. The zero-order chi connectivity index (χ0) is 38.7. The van der Waals surface area contributed by atoms with E-state index < -0.39 is 72.8 Å². The Bertz CT molecular complexity index is 1750. The predicted octanol–water partition coefficient (Wildman–Crippen LogP) is 6.37. The fourth-order valence-corrected chi connectivity index (χ4v) is 8.09. The van der Waals surface area contributed by atoms with Gasteiger partial charge in [-0.2, -0.15) is 0 Å². The number of hydrogen-bond donors (Lipinski definition) is 1. The first-order valence-electron chi connectivity index (χ1n) is 19.1. The van der Waals surface area contributed by atoms with Gasteiger partial charge in [0.05, 0.1) is 33.0 Å². The number of fused-ring (bicyclic) bond motifs is 1. The third-order valence-electron chi connectivity index (χ3n) is 9.86. The van der Waals surface area contributed by atoms with Crippen LogP contribution in [0.25, 0.3) is 0 Å². The van der Waals surface area contributed by atoms with Gasteiger partial charge in [-0.15, -0.1) is 11.8 Å². The quantitative estimate of drug-likeness (QED) is 0.127. The lowest BCUT2D eigenvalue weighted by Crippen LogP contribution is -2.66. The number of carbonyl (C=O) groups excluding carboxylic acids is 1. The molecule has 0 spiro atoms. The van der Waals surface area contributed by atoms with Gasteiger partial charge in [0, 0.05) is 12.5 Å². The summed E-state index contributed by atoms with van der Waals surface area (Å²) in [6.07, 6.45) is -8.89. The second kappa shape index (κ2) is 20.2. The first-order chi connectivity index (χ1) is 27.5. The summed E-state index contributed by atoms with van der Waals surface area (Å²) < 4.78 is 58.4. The van der Waals surface area contributed by atoms with E-state index >= 15 is 0 Å². The Kier molecular flexibility index (Phi) is 14.6. The molecule has 0 amide bonds. The average Bonchev–Trinajstić information content (AvgIpc) is 3.23. The van der Waals surface area contributed by atoms with Crippen LogP contribution < -0.4 is 0 Å². The maximum absolute atomic E-state index is 12.9. The maximum Gasteiger partial charge on any atom is 0.303 e. The van der Waals surface area contributed by atoms with Crippen molar-refractivity contribution < 1.29 is 52.5 Å². The lowest BCUT2D eigenvalue weighted by atomic mass is 9.96. The van der Waals surface area contributed by atoms with E-state index in [0.717, 1.165) is 22.3 Å². The van der Waals surface area contributed by atoms with Crippen LogP contribution in [-0.2, 0) is 67.2 Å². The van der Waals surface area contributed by atoms with E-state index in [1.807, 2.05) is 128 Å². The summed E-state index contributed by atoms with van der Waals surface area (Å²) in [7, 11) is 0. The Morgan fingerprint density at radius 1 is 0.714 bits per heavy atom. The van der Waals surface area contributed by atoms with Crippen LogP contribution in [-0.4, -0.2) is 90.6 Å². The van der Waals surface area contributed by atoms with Crippen LogP contribution >= 0.6 is 11.8 Å². The highest BCUT2D eigenvalue weighted by Gasteiger charge is 2.55. The Labute approximate surface area is 332 Å². The second-order valence-electron chi connectivity index (χ2n) is 13.9. The van der Waals surface area contributed by atoms with Gasteiger partial charge in [0.2, 0.25) is 0 Å². The summed E-state index contributed by atoms with van der Waals surface area (Å²) in [5.74, 6) is 0.129. The van der Waals surface area contributed by atoms with E-state index in [-0.39, 0.29) is 26.4 Å². The number of rotatable bonds is 16. The van der Waals surface area contributed by atoms with Crippen LogP contribution in [0.4, 0.5) is 0 Å². The topological polar surface area (TPSA) is 120 Å². The number of aliphatic hydroxyl groups is 1. The zero-order valence-corrected chi connectivity index (χ0v) is 32.4. The van der Waals surface area contributed by atoms with Gasteiger partial charge in [0.15, 0.2) is 18.7 Å². The van der Waals surface area contributed by atoms with Crippen molar-refractivity contribution in [1.82, 2.24) is 0 Å². The number of thioether (sulfide) groups is 1. The molecule has 1 N–H and O–H groups in total. The van der Waals surface area contributed by atoms with Crippen molar-refractivity contribution >= 4 is 17.7 Å². The predicted molar refractivity (Wildman–Crippen MR) is 208 cm³/mol. The summed E-state index contributed by atoms with van der Waals surface area (Å²) >= 11 is 1.46. The molecule has 0 bridgehead atoms. The Morgan fingerprint density at radius 2 is 1.29 bits per heavy atom. The molecule has 3 saturated heterocycles. The molecule has 3 aliphatic heterocycles. The van der Waals surface area contributed by atoms with Gasteiger partial charge in [-0.3, -0.25) is 4.79 Å². The fourth-order valence-electron chi connectivity index (χ4n) is 7.19. The van der Waals surface area contributed by atoms with Crippen LogP contribution in [0.3, 0.4) is 0 Å². The molecule has 56 heavy (non-hydrogen) atoms. The van der Waals surface area contributed by atoms with Crippen molar-refractivity contribution in [2.45, 2.75) is 101 Å². The van der Waals surface area contributed by atoms with Gasteiger partial charge in [0.1, 0.15) is 48.2 Å². The van der Waals surface area contributed by atoms with Crippen LogP contribution in [0.15, 0.2) is 121 Å². The largest absolute Gasteiger partial charge is 0.454 e. The Morgan fingerprint density at radius 3 is 1.88 bits per heavy atom. The van der Waals surface area contributed by atoms with E-state index in [1.54, 1.807) is 0 Å². The van der Waals surface area contributed by atoms with Crippen molar-refractivity contribution in [3.63, 3.8) is 0 Å². The molecular weight excluding hydrogens is 737 g/mol. The third-order valence-corrected chi connectivity index (χ3v) is 10.9. The van der Waals surface area contributed by atoms with E-state index in [1.165, 1.54) is 18.7 Å². The minimum atomic E-state index is -1.23. The summed E-state index contributed by atoms with van der Waals surface area (Å²) in [6, 6.07) is 39.0. The smallest absolute Gasteiger partial charge is 0.303 e. The van der Waals surface area contributed by atoms with Crippen LogP contribution in [0.5, 0.6) is 0 Å². The molecule has 11 atom stereocenters. The Balaban J connectivity index is 1.22. The molecule has 298 valence electrons. The SMILES string of the molecule is CCSC1OC2COC(c3ccccc3)OC2C(OC2OC(COCc3ccccc3)C(OCc3ccccc3)C(OCc3ccccc3)C2OC(C)=O)C1O. The van der Waals surface area contributed by atoms with Crippen molar-refractivity contribution in [1.29, 1.82) is 0 Å². The molecule has 3 aliphatic rings. The van der Waals surface area contributed by atoms with Gasteiger partial charge in [-0.05, 0) is 22.4 Å². The van der Waals surface area contributed by atoms with E-state index in [4.69, 9.17) is 42.6 Å². The molecular formula is C44H50O11S. The second-order valence-corrected chi connectivity index (χ2v) is 15.3. The fraction of sp³-hybridized carbons (Fsp3) is 0.432. The minimum absolute atomic E-state index is 0.101. The van der Waals surface area contributed by atoms with Crippen LogP contribution in [0, 0.1) is 0 Å². The molecule has 0 aromatic heterocycles. The molecule has 0 aliphatic carbocycles. The molecule has 11 nitrogen and oxygen atoms in total. The molecule has 7 rings (SSSR count). The molecule has 12 heteroatoms. The zero-order valence-electron chi connectivity index (χ0n) is 31.6. The van der Waals surface area contributed by atoms with Gasteiger partial charge < -0.3 is 47.7 Å². The van der Waals surface area contributed by atoms with Gasteiger partial charge >= 0.3 is 5.97 Å². The lowest BCUT2D eigenvalue weighted by molar-refractivity contribution is -0.371. The van der Waals surface area contributed by atoms with Gasteiger partial charge in [-0.1, -0.05) is 128 Å². The number of esters is 1. The van der Waals surface area contributed by atoms with Crippen molar-refractivity contribution in [3.05, 3.63) is 144 Å². The summed E-state index contributed by atoms with van der Waals surface area (Å²) in [5.41, 5.74) is 3.04. The number of hydrogen-bond acceptors (Lipinski definition) is 12. The first kappa shape index (κ1) is 40.5. The van der Waals surface area contributed by atoms with Crippen molar-refractivity contribution in [3.8, 4) is 0 Å². The average molecular weight is 787 g/mol. The van der Waals surface area contributed by atoms with Crippen molar-refractivity contribution in [2.24, 2.45) is 0 Å². The van der Waals surface area contributed by atoms with Crippen LogP contribution in [0.2, 0.25) is 0 Å². The molecule has 3 fully saturated rings. The highest BCUT2D eigenvalue weighted by Crippen LogP contribution is 2.40. The highest BCUT2D eigenvalue weighted by molar-refractivity contribution is 7.99. The van der Waals surface area contributed by atoms with E-state index in [2.05, 4.69) is 0 Å². The molecule has 4 aromatic carbocycles. The summed E-state index contributed by atoms with van der Waals surface area (Å²) in [4.78, 5) is 12.9. The number of ether oxygens (including phenoxy) is 9. The molecule has 0 saturated carbocycles. The summed E-state index contributed by atoms with van der Waals surface area (Å²) in [6.45, 7) is 4.40. The molecule has 3 heterocycles. The standard InChI is InChI=1S/C44H50O11S/c1-3-56-44-36(46)39(38-35(53-44)28-50-42(54-38)33-22-14-7-15-23-33)55-43-41(51-29(2)45)40(49-26-32-20-12-6-13-21-32)37(48-25-31-18-10-5-11-19-31)34(52-43)27-47-24-30-16-8-4-9-17-30/h4-23,34-44,46H,3,24-28H2,1-2H3. The highest BCUT2D eigenvalue weighted by atomic mass is 32.2. The van der Waals surface area contributed by atoms with E-state index in [9.17, 15) is 9.90 Å².